The molecule has 4 aliphatic heterocycles. The minimum absolute atomic E-state index is 0. The number of phenols is 2. The number of carbonyl (C=O) groups is 2. The second kappa shape index (κ2) is 18.5. The molecule has 2 N–H and O–H groups in total. The fourth-order valence-corrected chi connectivity index (χ4v) is 11.7. The first kappa shape index (κ1) is 49.6. The minimum Gasteiger partial charge on any atom is -0.506 e. The minimum atomic E-state index is -4.31. The van der Waals surface area contributed by atoms with Crippen LogP contribution >= 0.6 is 0 Å². The van der Waals surface area contributed by atoms with Gasteiger partial charge in [0.05, 0.1) is 43.6 Å². The predicted molar refractivity (Wildman–Crippen MR) is 250 cm³/mol. The van der Waals surface area contributed by atoms with E-state index in [2.05, 4.69) is 30.4 Å². The maximum atomic E-state index is 13.7. The molecule has 0 saturated heterocycles. The van der Waals surface area contributed by atoms with Crippen LogP contribution in [-0.4, -0.2) is 101 Å². The second-order valence-corrected chi connectivity index (χ2v) is 19.6. The number of aromatic hydroxyl groups is 2. The van der Waals surface area contributed by atoms with Gasteiger partial charge in [0.1, 0.15) is 22.5 Å². The summed E-state index contributed by atoms with van der Waals surface area (Å²) in [5, 5.41) is 62.3. The Labute approximate surface area is 422 Å². The molecule has 4 unspecified atom stereocenters. The monoisotopic (exact) mass is 1190 g/mol. The van der Waals surface area contributed by atoms with Crippen molar-refractivity contribution in [3.63, 3.8) is 0 Å². The molecule has 4 aliphatic rings. The summed E-state index contributed by atoms with van der Waals surface area (Å²) in [5.74, 6) is -2.50. The molecule has 0 spiro atoms. The van der Waals surface area contributed by atoms with Gasteiger partial charge in [-0.25, -0.2) is 10.0 Å². The Kier molecular flexibility index (Phi) is 12.9. The van der Waals surface area contributed by atoms with Crippen LogP contribution in [0.15, 0.2) is 140 Å². The molecule has 27 heteroatoms. The van der Waals surface area contributed by atoms with Gasteiger partial charge in [-0.1, -0.05) is 24.3 Å². The number of nitrogens with zero attached hydrogens (tertiary/aromatic N) is 12. The van der Waals surface area contributed by atoms with Crippen molar-refractivity contribution < 1.29 is 74.2 Å². The first-order chi connectivity index (χ1) is 33.2. The molecule has 10 rings (SSSR count). The molecule has 2 aromatic heterocycles. The van der Waals surface area contributed by atoms with Crippen molar-refractivity contribution in [1.29, 1.82) is 0 Å². The number of phenolic OH excluding ortho intramolecular Hbond substituents is 2. The first-order valence-electron chi connectivity index (χ1n) is 20.8. The number of amidine groups is 2. The Morgan fingerprint density at radius 2 is 0.915 bits per heavy atom. The van der Waals surface area contributed by atoms with E-state index in [0.717, 1.165) is 8.83 Å². The largest absolute Gasteiger partial charge is 0.506 e. The Morgan fingerprint density at radius 1 is 0.563 bits per heavy atom. The number of carbonyl (C=O) groups excluding carboxylic acids is 2. The van der Waals surface area contributed by atoms with Gasteiger partial charge in [-0.3, -0.25) is 39.8 Å². The number of hydrogen-bond donors (Lipinski definition) is 2. The smallest absolute Gasteiger partial charge is 0.285 e. The van der Waals surface area contributed by atoms with Crippen molar-refractivity contribution in [3.8, 4) is 11.5 Å². The van der Waals surface area contributed by atoms with Gasteiger partial charge in [-0.15, -0.1) is 8.83 Å². The zero-order valence-electron chi connectivity index (χ0n) is 37.6. The number of non-ortho nitro benzene ring substituents is 2. The van der Waals surface area contributed by atoms with Crippen molar-refractivity contribution >= 4 is 88.1 Å². The van der Waals surface area contributed by atoms with Gasteiger partial charge in [0, 0.05) is 100 Å². The summed E-state index contributed by atoms with van der Waals surface area (Å²) in [6, 6.07) is 21.0. The Balaban J connectivity index is 0.000000188. The van der Waals surface area contributed by atoms with E-state index in [1.165, 1.54) is 121 Å². The zero-order chi connectivity index (χ0) is 50.1. The van der Waals surface area contributed by atoms with E-state index in [9.17, 15) is 56.9 Å². The fraction of sp³-hybridized carbons (Fsp3) is 0.182. The van der Waals surface area contributed by atoms with Crippen LogP contribution < -0.4 is 0 Å². The van der Waals surface area contributed by atoms with Gasteiger partial charge >= 0.3 is 0 Å². The van der Waals surface area contributed by atoms with Crippen molar-refractivity contribution in [2.24, 2.45) is 32.2 Å². The molecular formula is C44H36HgN12O12S2. The summed E-state index contributed by atoms with van der Waals surface area (Å²) in [7, 11) is -8.61. The summed E-state index contributed by atoms with van der Waals surface area (Å²) >= 11 is 0. The average molecular weight is 1190 g/mol. The van der Waals surface area contributed by atoms with Crippen LogP contribution in [0.25, 0.3) is 21.8 Å². The van der Waals surface area contributed by atoms with Crippen molar-refractivity contribution in [3.05, 3.63) is 141 Å². The number of sulfonamides is 2. The fourth-order valence-electron chi connectivity index (χ4n) is 8.73. The third-order valence-electron chi connectivity index (χ3n) is 11.9. The number of hydrazone groups is 4. The SMILES string of the molecule is CC(=O)N1N=C2C(C(C)=NN2S(=O)(=O)c2ccc(O)c3ncccc23)C1c1ccc([N+](=O)[O-])cc1.CC(=O)N1N=C2C(C(C)=NN2S(=O)(=O)c2ccc(O)c3ncccc23)C1c1ccc([N+](=O)[O-])cc1.[Hg]. The van der Waals surface area contributed by atoms with E-state index in [0.29, 0.717) is 22.6 Å². The van der Waals surface area contributed by atoms with Gasteiger partial charge in [0.15, 0.2) is 11.7 Å². The van der Waals surface area contributed by atoms with E-state index < -0.39 is 65.6 Å². The Bertz CT molecular complexity index is 3380. The molecule has 0 saturated carbocycles. The molecular weight excluding hydrogens is 1150 g/mol. The number of rotatable bonds is 8. The Hall–Kier alpha value is -7.84. The molecule has 6 heterocycles. The summed E-state index contributed by atoms with van der Waals surface area (Å²) in [6.45, 7) is 5.87. The number of amides is 2. The molecule has 71 heavy (non-hydrogen) atoms. The standard InChI is InChI=1S/2C22H18N6O6S.Hg/c2*1-12-19-21(14-5-7-15(8-6-14)28(31)32)26(13(2)29)25-22(19)27(24-12)35(33,34)18-10-9-17(30)20-16(18)4-3-11-23-20;/h2*3-11,19,21,30H,1-2H3;. The normalized spacial score (nSPS) is 19.2. The molecule has 0 radical (unpaired) electrons. The summed E-state index contributed by atoms with van der Waals surface area (Å²) < 4.78 is 56.5. The number of aromatic nitrogens is 2. The van der Waals surface area contributed by atoms with E-state index >= 15 is 0 Å². The van der Waals surface area contributed by atoms with E-state index in [1.807, 2.05) is 0 Å². The van der Waals surface area contributed by atoms with Crippen LogP contribution in [0.1, 0.15) is 50.9 Å². The van der Waals surface area contributed by atoms with Crippen LogP contribution in [0.3, 0.4) is 0 Å². The number of nitro benzene ring substituents is 2. The maximum absolute atomic E-state index is 13.7. The second-order valence-electron chi connectivity index (χ2n) is 16.1. The quantitative estimate of drug-likeness (QED) is 0.108. The zero-order valence-corrected chi connectivity index (χ0v) is 44.7. The van der Waals surface area contributed by atoms with Crippen molar-refractivity contribution in [2.45, 2.75) is 49.6 Å². The van der Waals surface area contributed by atoms with Gasteiger partial charge in [0.25, 0.3) is 31.4 Å². The molecule has 358 valence electrons. The number of hydrogen-bond acceptors (Lipinski definition) is 18. The van der Waals surface area contributed by atoms with Crippen molar-refractivity contribution in [2.75, 3.05) is 0 Å². The van der Waals surface area contributed by atoms with Gasteiger partial charge in [-0.2, -0.15) is 37.2 Å². The molecule has 4 atom stereocenters. The molecule has 0 aliphatic carbocycles. The van der Waals surface area contributed by atoms with Gasteiger partial charge in [0.2, 0.25) is 11.8 Å². The molecule has 24 nitrogen and oxygen atoms in total. The Morgan fingerprint density at radius 3 is 1.24 bits per heavy atom. The summed E-state index contributed by atoms with van der Waals surface area (Å²) in [4.78, 5) is 53.8. The molecule has 0 bridgehead atoms. The third-order valence-corrected chi connectivity index (χ3v) is 15.2. The first-order valence-corrected chi connectivity index (χ1v) is 23.7. The summed E-state index contributed by atoms with van der Waals surface area (Å²) in [5.41, 5.74) is 1.90. The molecule has 6 aromatic rings. The van der Waals surface area contributed by atoms with Crippen LogP contribution in [0, 0.1) is 32.1 Å². The molecule has 0 fully saturated rings. The summed E-state index contributed by atoms with van der Waals surface area (Å²) in [6.07, 6.45) is 2.88. The van der Waals surface area contributed by atoms with Crippen LogP contribution in [0.5, 0.6) is 11.5 Å². The van der Waals surface area contributed by atoms with E-state index in [4.69, 9.17) is 0 Å². The van der Waals surface area contributed by atoms with Crippen LogP contribution in [0.4, 0.5) is 11.4 Å². The van der Waals surface area contributed by atoms with E-state index in [1.54, 1.807) is 26.0 Å². The van der Waals surface area contributed by atoms with Crippen LogP contribution in [0.2, 0.25) is 0 Å². The number of nitro groups is 2. The predicted octanol–water partition coefficient (Wildman–Crippen LogP) is 5.52. The van der Waals surface area contributed by atoms with Crippen LogP contribution in [-0.2, 0) is 57.3 Å². The number of pyridine rings is 2. The maximum Gasteiger partial charge on any atom is 0.285 e. The number of fused-ring (bicyclic) bond motifs is 4. The average Bonchev–Trinajstić information content (AvgIpc) is 4.10. The third kappa shape index (κ3) is 8.35. The van der Waals surface area contributed by atoms with Crippen molar-refractivity contribution in [1.82, 2.24) is 28.8 Å². The number of benzene rings is 4. The van der Waals surface area contributed by atoms with Gasteiger partial charge in [-0.05, 0) is 73.5 Å². The topological polar surface area (TPSA) is 317 Å². The van der Waals surface area contributed by atoms with E-state index in [-0.39, 0.29) is 93.8 Å². The molecule has 2 amide bonds. The van der Waals surface area contributed by atoms with Gasteiger partial charge < -0.3 is 10.2 Å². The molecule has 4 aromatic carbocycles.